The molecule has 0 unspecified atom stereocenters. The molecule has 3 rings (SSSR count). The molecule has 3 aromatic carbocycles. The highest BCUT2D eigenvalue weighted by Gasteiger charge is 2.23. The van der Waals surface area contributed by atoms with Crippen LogP contribution in [-0.2, 0) is 11.3 Å². The number of ether oxygens (including phenoxy) is 3. The van der Waals surface area contributed by atoms with Gasteiger partial charge < -0.3 is 19.1 Å². The van der Waals surface area contributed by atoms with E-state index in [-0.39, 0.29) is 5.91 Å². The number of fused-ring (bicyclic) bond motifs is 1. The Labute approximate surface area is 171 Å². The molecule has 3 aromatic rings. The fourth-order valence-electron chi connectivity index (χ4n) is 3.34. The van der Waals surface area contributed by atoms with Crippen molar-refractivity contribution in [1.29, 1.82) is 0 Å². The number of hydrogen-bond acceptors (Lipinski definition) is 4. The van der Waals surface area contributed by atoms with Gasteiger partial charge in [0.05, 0.1) is 14.2 Å². The van der Waals surface area contributed by atoms with Gasteiger partial charge in [-0.2, -0.15) is 0 Å². The lowest BCUT2D eigenvalue weighted by Crippen LogP contribution is -2.39. The second-order valence-electron chi connectivity index (χ2n) is 6.88. The Hall–Kier alpha value is -3.21. The van der Waals surface area contributed by atoms with Crippen LogP contribution >= 0.6 is 0 Å². The molecule has 0 spiro atoms. The molecule has 0 fully saturated rings. The summed E-state index contributed by atoms with van der Waals surface area (Å²) in [4.78, 5) is 14.7. The van der Waals surface area contributed by atoms with Crippen molar-refractivity contribution in [3.05, 3.63) is 66.2 Å². The number of hydrogen-bond donors (Lipinski definition) is 0. The normalized spacial score (nSPS) is 11.7. The number of amides is 1. The Bertz CT molecular complexity index is 980. The molecule has 152 valence electrons. The number of rotatable bonds is 8. The van der Waals surface area contributed by atoms with Crippen molar-refractivity contribution in [3.8, 4) is 17.2 Å². The first-order chi connectivity index (χ1) is 14.1. The van der Waals surface area contributed by atoms with Crippen LogP contribution in [0.25, 0.3) is 10.8 Å². The zero-order valence-corrected chi connectivity index (χ0v) is 17.3. The fourth-order valence-corrected chi connectivity index (χ4v) is 3.34. The van der Waals surface area contributed by atoms with Crippen LogP contribution in [0.2, 0.25) is 0 Å². The summed E-state index contributed by atoms with van der Waals surface area (Å²) < 4.78 is 16.8. The van der Waals surface area contributed by atoms with Crippen LogP contribution in [-0.4, -0.2) is 38.2 Å². The molecule has 0 aliphatic carbocycles. The van der Waals surface area contributed by atoms with Crippen molar-refractivity contribution in [2.24, 2.45) is 0 Å². The first kappa shape index (κ1) is 20.5. The highest BCUT2D eigenvalue weighted by molar-refractivity contribution is 5.89. The van der Waals surface area contributed by atoms with Crippen LogP contribution in [0.5, 0.6) is 17.2 Å². The van der Waals surface area contributed by atoms with Crippen LogP contribution in [0.1, 0.15) is 18.9 Å². The lowest BCUT2D eigenvalue weighted by Gasteiger charge is -2.24. The summed E-state index contributed by atoms with van der Waals surface area (Å²) in [5.74, 6) is 1.97. The Morgan fingerprint density at radius 3 is 2.38 bits per heavy atom. The molecule has 0 N–H and O–H groups in total. The third kappa shape index (κ3) is 4.62. The second kappa shape index (κ2) is 9.32. The maximum absolute atomic E-state index is 13.0. The van der Waals surface area contributed by atoms with Crippen molar-refractivity contribution >= 4 is 16.7 Å². The maximum Gasteiger partial charge on any atom is 0.263 e. The van der Waals surface area contributed by atoms with Gasteiger partial charge in [-0.15, -0.1) is 0 Å². The van der Waals surface area contributed by atoms with Gasteiger partial charge in [-0.05, 0) is 35.6 Å². The van der Waals surface area contributed by atoms with Crippen molar-refractivity contribution in [2.75, 3.05) is 21.3 Å². The first-order valence-corrected chi connectivity index (χ1v) is 9.67. The average molecular weight is 393 g/mol. The van der Waals surface area contributed by atoms with Crippen molar-refractivity contribution in [2.45, 2.75) is 26.0 Å². The van der Waals surface area contributed by atoms with E-state index in [1.807, 2.05) is 67.6 Å². The lowest BCUT2D eigenvalue weighted by molar-refractivity contribution is -0.138. The largest absolute Gasteiger partial charge is 0.493 e. The molecule has 0 saturated heterocycles. The van der Waals surface area contributed by atoms with E-state index >= 15 is 0 Å². The minimum Gasteiger partial charge on any atom is -0.493 e. The van der Waals surface area contributed by atoms with E-state index in [0.717, 1.165) is 22.1 Å². The zero-order chi connectivity index (χ0) is 20.8. The van der Waals surface area contributed by atoms with Gasteiger partial charge in [-0.3, -0.25) is 4.79 Å². The minimum absolute atomic E-state index is 0.0600. The molecule has 1 atom stereocenters. The molecule has 0 aromatic heterocycles. The fraction of sp³-hybridized carbons (Fsp3) is 0.292. The zero-order valence-electron chi connectivity index (χ0n) is 17.3. The van der Waals surface area contributed by atoms with E-state index in [0.29, 0.717) is 24.5 Å². The summed E-state index contributed by atoms with van der Waals surface area (Å²) in [6.45, 7) is 2.41. The smallest absolute Gasteiger partial charge is 0.263 e. The molecule has 0 aliphatic heterocycles. The Kier molecular flexibility index (Phi) is 6.60. The van der Waals surface area contributed by atoms with Gasteiger partial charge in [0.2, 0.25) is 0 Å². The van der Waals surface area contributed by atoms with E-state index in [1.54, 1.807) is 26.2 Å². The predicted molar refractivity (Wildman–Crippen MR) is 115 cm³/mol. The molecule has 0 heterocycles. The predicted octanol–water partition coefficient (Wildman–Crippen LogP) is 4.67. The second-order valence-corrected chi connectivity index (χ2v) is 6.88. The molecule has 0 aliphatic rings. The lowest BCUT2D eigenvalue weighted by atomic mass is 10.1. The summed E-state index contributed by atoms with van der Waals surface area (Å²) in [6, 6.07) is 19.6. The third-order valence-electron chi connectivity index (χ3n) is 4.91. The number of likely N-dealkylation sites (N-methyl/N-ethyl adjacent to an activating group) is 1. The van der Waals surface area contributed by atoms with Gasteiger partial charge in [0.1, 0.15) is 5.75 Å². The molecule has 0 radical (unpaired) electrons. The number of nitrogens with zero attached hydrogens (tertiary/aromatic N) is 1. The summed E-state index contributed by atoms with van der Waals surface area (Å²) in [5, 5.41) is 2.09. The molecular weight excluding hydrogens is 366 g/mol. The molecular formula is C24H27NO4. The van der Waals surface area contributed by atoms with Crippen LogP contribution in [0, 0.1) is 0 Å². The molecule has 29 heavy (non-hydrogen) atoms. The topological polar surface area (TPSA) is 48.0 Å². The molecule has 0 saturated carbocycles. The Balaban J connectivity index is 1.75. The van der Waals surface area contributed by atoms with Crippen molar-refractivity contribution in [3.63, 3.8) is 0 Å². The van der Waals surface area contributed by atoms with E-state index in [9.17, 15) is 4.79 Å². The molecule has 0 bridgehead atoms. The van der Waals surface area contributed by atoms with Gasteiger partial charge in [0.25, 0.3) is 5.91 Å². The van der Waals surface area contributed by atoms with Gasteiger partial charge in [-0.25, -0.2) is 0 Å². The maximum atomic E-state index is 13.0. The number of methoxy groups -OCH3 is 2. The summed E-state index contributed by atoms with van der Waals surface area (Å²) in [6.07, 6.45) is 0.0316. The van der Waals surface area contributed by atoms with E-state index < -0.39 is 6.10 Å². The van der Waals surface area contributed by atoms with E-state index in [4.69, 9.17) is 14.2 Å². The SMILES string of the molecule is CC[C@@H](Oc1cccc2ccccc12)C(=O)N(C)Cc1ccc(OC)c(OC)c1. The number of carbonyl (C=O) groups is 1. The average Bonchev–Trinajstić information content (AvgIpc) is 2.76. The van der Waals surface area contributed by atoms with E-state index in [2.05, 4.69) is 0 Å². The standard InChI is InChI=1S/C24H27NO4/c1-5-20(29-21-12-8-10-18-9-6-7-11-19(18)21)24(26)25(2)16-17-13-14-22(27-3)23(15-17)28-4/h6-15,20H,5,16H2,1-4H3/t20-/m1/s1. The summed E-state index contributed by atoms with van der Waals surface area (Å²) in [7, 11) is 4.99. The van der Waals surface area contributed by atoms with Crippen LogP contribution in [0.3, 0.4) is 0 Å². The van der Waals surface area contributed by atoms with Crippen LogP contribution in [0.15, 0.2) is 60.7 Å². The van der Waals surface area contributed by atoms with Gasteiger partial charge >= 0.3 is 0 Å². The first-order valence-electron chi connectivity index (χ1n) is 9.67. The Morgan fingerprint density at radius 2 is 1.66 bits per heavy atom. The number of benzene rings is 3. The summed E-state index contributed by atoms with van der Waals surface area (Å²) >= 11 is 0. The summed E-state index contributed by atoms with van der Waals surface area (Å²) in [5.41, 5.74) is 0.957. The monoisotopic (exact) mass is 393 g/mol. The molecule has 5 nitrogen and oxygen atoms in total. The quantitative estimate of drug-likeness (QED) is 0.558. The van der Waals surface area contributed by atoms with Crippen LogP contribution in [0.4, 0.5) is 0 Å². The Morgan fingerprint density at radius 1 is 0.931 bits per heavy atom. The van der Waals surface area contributed by atoms with Crippen molar-refractivity contribution < 1.29 is 19.0 Å². The molecule has 5 heteroatoms. The van der Waals surface area contributed by atoms with Crippen LogP contribution < -0.4 is 14.2 Å². The van der Waals surface area contributed by atoms with E-state index in [1.165, 1.54) is 0 Å². The van der Waals surface area contributed by atoms with Gasteiger partial charge in [0.15, 0.2) is 17.6 Å². The number of carbonyl (C=O) groups excluding carboxylic acids is 1. The van der Waals surface area contributed by atoms with Crippen molar-refractivity contribution in [1.82, 2.24) is 4.90 Å². The van der Waals surface area contributed by atoms with Gasteiger partial charge in [0, 0.05) is 19.0 Å². The highest BCUT2D eigenvalue weighted by Crippen LogP contribution is 2.29. The molecule has 1 amide bonds. The minimum atomic E-state index is -0.550. The third-order valence-corrected chi connectivity index (χ3v) is 4.91. The van der Waals surface area contributed by atoms with Gasteiger partial charge in [-0.1, -0.05) is 49.4 Å². The highest BCUT2D eigenvalue weighted by atomic mass is 16.5.